The molecule has 0 atom stereocenters. The largest absolute Gasteiger partial charge is 0.383 e. The number of hydrogen-bond acceptors (Lipinski definition) is 6. The molecular weight excluding hydrogens is 252 g/mol. The number of aryl methyl sites for hydroxylation is 1. The van der Waals surface area contributed by atoms with Gasteiger partial charge in [0.05, 0.1) is 23.6 Å². The molecule has 2 N–H and O–H groups in total. The average Bonchev–Trinajstić information content (AvgIpc) is 2.81. The summed E-state index contributed by atoms with van der Waals surface area (Å²) in [5.41, 5.74) is 1.73. The van der Waals surface area contributed by atoms with Crippen molar-refractivity contribution in [1.82, 2.24) is 15.2 Å². The maximum atomic E-state index is 11.6. The van der Waals surface area contributed by atoms with Crippen LogP contribution in [0.1, 0.15) is 5.69 Å². The van der Waals surface area contributed by atoms with Crippen LogP contribution in [-0.2, 0) is 4.74 Å². The first-order chi connectivity index (χ1) is 8.70. The quantitative estimate of drug-likeness (QED) is 0.796. The highest BCUT2D eigenvalue weighted by molar-refractivity contribution is 7.14. The van der Waals surface area contributed by atoms with Crippen molar-refractivity contribution in [3.8, 4) is 11.3 Å². The molecule has 0 radical (unpaired) electrons. The molecule has 0 aromatic carbocycles. The Morgan fingerprint density at radius 3 is 3.17 bits per heavy atom. The van der Waals surface area contributed by atoms with Crippen molar-refractivity contribution < 1.29 is 4.74 Å². The molecule has 0 amide bonds. The van der Waals surface area contributed by atoms with Gasteiger partial charge in [0.1, 0.15) is 0 Å². The van der Waals surface area contributed by atoms with E-state index in [4.69, 9.17) is 4.74 Å². The molecule has 0 saturated heterocycles. The number of anilines is 1. The Morgan fingerprint density at radius 1 is 1.56 bits per heavy atom. The van der Waals surface area contributed by atoms with E-state index >= 15 is 0 Å². The number of aromatic nitrogens is 3. The van der Waals surface area contributed by atoms with E-state index in [0.29, 0.717) is 24.4 Å². The zero-order valence-corrected chi connectivity index (χ0v) is 11.0. The van der Waals surface area contributed by atoms with Gasteiger partial charge in [0.2, 0.25) is 0 Å². The monoisotopic (exact) mass is 266 g/mol. The number of nitrogens with one attached hydrogen (secondary N) is 2. The molecule has 0 aliphatic heterocycles. The molecule has 0 unspecified atom stereocenters. The second kappa shape index (κ2) is 5.74. The van der Waals surface area contributed by atoms with Crippen molar-refractivity contribution in [3.63, 3.8) is 0 Å². The number of thiazole rings is 1. The molecule has 96 valence electrons. The summed E-state index contributed by atoms with van der Waals surface area (Å²) in [5.74, 6) is 0. The van der Waals surface area contributed by atoms with Gasteiger partial charge in [-0.15, -0.1) is 11.3 Å². The Bertz CT molecular complexity index is 578. The standard InChI is InChI=1S/C11H14N4O2S/c1-7-5-8(10(16)15-14-7)9-6-18-11(13-9)12-3-4-17-2/h5-6H,3-4H2,1-2H3,(H,12,13)(H,15,16). The number of H-pyrrole nitrogens is 1. The van der Waals surface area contributed by atoms with Crippen LogP contribution in [0.4, 0.5) is 5.13 Å². The predicted octanol–water partition coefficient (Wildman–Crippen LogP) is 1.26. The van der Waals surface area contributed by atoms with Gasteiger partial charge in [0.15, 0.2) is 5.13 Å². The molecule has 0 saturated carbocycles. The van der Waals surface area contributed by atoms with E-state index in [1.807, 2.05) is 12.3 Å². The Hall–Kier alpha value is -1.73. The maximum absolute atomic E-state index is 11.6. The van der Waals surface area contributed by atoms with E-state index in [-0.39, 0.29) is 5.56 Å². The van der Waals surface area contributed by atoms with Crippen molar-refractivity contribution in [3.05, 3.63) is 27.5 Å². The number of nitrogens with zero attached hydrogens (tertiary/aromatic N) is 2. The molecule has 6 nitrogen and oxygen atoms in total. The van der Waals surface area contributed by atoms with E-state index in [9.17, 15) is 4.79 Å². The van der Waals surface area contributed by atoms with Crippen LogP contribution < -0.4 is 10.9 Å². The highest BCUT2D eigenvalue weighted by atomic mass is 32.1. The molecule has 0 bridgehead atoms. The highest BCUT2D eigenvalue weighted by Crippen LogP contribution is 2.22. The van der Waals surface area contributed by atoms with Crippen molar-refractivity contribution in [2.45, 2.75) is 6.92 Å². The van der Waals surface area contributed by atoms with Crippen LogP contribution >= 0.6 is 11.3 Å². The third-order valence-electron chi connectivity index (χ3n) is 2.29. The van der Waals surface area contributed by atoms with Gasteiger partial charge in [-0.05, 0) is 13.0 Å². The predicted molar refractivity (Wildman–Crippen MR) is 71.1 cm³/mol. The van der Waals surface area contributed by atoms with Crippen LogP contribution in [0.5, 0.6) is 0 Å². The van der Waals surface area contributed by atoms with E-state index in [1.165, 1.54) is 11.3 Å². The SMILES string of the molecule is COCCNc1nc(-c2cc(C)n[nH]c2=O)cs1. The van der Waals surface area contributed by atoms with E-state index < -0.39 is 0 Å². The lowest BCUT2D eigenvalue weighted by Crippen LogP contribution is -2.11. The third-order valence-corrected chi connectivity index (χ3v) is 3.09. The van der Waals surface area contributed by atoms with Gasteiger partial charge in [-0.25, -0.2) is 10.1 Å². The summed E-state index contributed by atoms with van der Waals surface area (Å²) in [4.78, 5) is 16.0. The molecule has 2 rings (SSSR count). The van der Waals surface area contributed by atoms with Gasteiger partial charge < -0.3 is 10.1 Å². The fourth-order valence-electron chi connectivity index (χ4n) is 1.43. The molecule has 0 aliphatic rings. The van der Waals surface area contributed by atoms with Crippen LogP contribution in [0.2, 0.25) is 0 Å². The molecule has 2 heterocycles. The number of hydrogen-bond donors (Lipinski definition) is 2. The van der Waals surface area contributed by atoms with Gasteiger partial charge in [0, 0.05) is 19.0 Å². The summed E-state index contributed by atoms with van der Waals surface area (Å²) in [6.45, 7) is 3.13. The molecule has 0 spiro atoms. The fourth-order valence-corrected chi connectivity index (χ4v) is 2.17. The number of aromatic amines is 1. The lowest BCUT2D eigenvalue weighted by Gasteiger charge is -2.00. The summed E-state index contributed by atoms with van der Waals surface area (Å²) >= 11 is 1.46. The minimum absolute atomic E-state index is 0.227. The van der Waals surface area contributed by atoms with E-state index in [0.717, 1.165) is 10.8 Å². The summed E-state index contributed by atoms with van der Waals surface area (Å²) in [5, 5.41) is 12.0. The topological polar surface area (TPSA) is 79.9 Å². The van der Waals surface area contributed by atoms with Crippen molar-refractivity contribution in [2.24, 2.45) is 0 Å². The number of methoxy groups -OCH3 is 1. The van der Waals surface area contributed by atoms with Gasteiger partial charge in [-0.3, -0.25) is 4.79 Å². The van der Waals surface area contributed by atoms with Gasteiger partial charge in [0.25, 0.3) is 5.56 Å². The van der Waals surface area contributed by atoms with Crippen molar-refractivity contribution in [2.75, 3.05) is 25.6 Å². The summed E-state index contributed by atoms with van der Waals surface area (Å²) in [6.07, 6.45) is 0. The molecule has 7 heteroatoms. The smallest absolute Gasteiger partial charge is 0.273 e. The molecule has 0 aliphatic carbocycles. The van der Waals surface area contributed by atoms with Crippen molar-refractivity contribution in [1.29, 1.82) is 0 Å². The lowest BCUT2D eigenvalue weighted by molar-refractivity contribution is 0.211. The minimum atomic E-state index is -0.227. The fraction of sp³-hybridized carbons (Fsp3) is 0.364. The third kappa shape index (κ3) is 2.93. The zero-order chi connectivity index (χ0) is 13.0. The second-order valence-corrected chi connectivity index (χ2v) is 4.57. The van der Waals surface area contributed by atoms with Gasteiger partial charge in [-0.2, -0.15) is 5.10 Å². The highest BCUT2D eigenvalue weighted by Gasteiger charge is 2.08. The molecule has 2 aromatic rings. The van der Waals surface area contributed by atoms with E-state index in [1.54, 1.807) is 13.2 Å². The summed E-state index contributed by atoms with van der Waals surface area (Å²) in [6, 6.07) is 1.73. The number of rotatable bonds is 5. The first-order valence-corrected chi connectivity index (χ1v) is 6.33. The minimum Gasteiger partial charge on any atom is -0.383 e. The first kappa shape index (κ1) is 12.7. The summed E-state index contributed by atoms with van der Waals surface area (Å²) in [7, 11) is 1.65. The molecule has 2 aromatic heterocycles. The Morgan fingerprint density at radius 2 is 2.39 bits per heavy atom. The molecule has 0 fully saturated rings. The van der Waals surface area contributed by atoms with Gasteiger partial charge >= 0.3 is 0 Å². The normalized spacial score (nSPS) is 10.6. The van der Waals surface area contributed by atoms with Crippen LogP contribution in [0, 0.1) is 6.92 Å². The van der Waals surface area contributed by atoms with E-state index in [2.05, 4.69) is 20.5 Å². The average molecular weight is 266 g/mol. The lowest BCUT2D eigenvalue weighted by atomic mass is 10.2. The number of ether oxygens (including phenoxy) is 1. The Kier molecular flexibility index (Phi) is 4.06. The maximum Gasteiger partial charge on any atom is 0.273 e. The van der Waals surface area contributed by atoms with Crippen LogP contribution in [0.15, 0.2) is 16.2 Å². The zero-order valence-electron chi connectivity index (χ0n) is 10.2. The van der Waals surface area contributed by atoms with Gasteiger partial charge in [-0.1, -0.05) is 0 Å². The van der Waals surface area contributed by atoms with Crippen LogP contribution in [-0.4, -0.2) is 35.4 Å². The molecule has 18 heavy (non-hydrogen) atoms. The Balaban J connectivity index is 2.19. The van der Waals surface area contributed by atoms with Crippen LogP contribution in [0.25, 0.3) is 11.3 Å². The Labute approximate surface area is 108 Å². The molecular formula is C11H14N4O2S. The first-order valence-electron chi connectivity index (χ1n) is 5.45. The van der Waals surface area contributed by atoms with Crippen LogP contribution in [0.3, 0.4) is 0 Å². The summed E-state index contributed by atoms with van der Waals surface area (Å²) < 4.78 is 4.94. The second-order valence-electron chi connectivity index (χ2n) is 3.71. The van der Waals surface area contributed by atoms with Crippen molar-refractivity contribution >= 4 is 16.5 Å².